The van der Waals surface area contributed by atoms with Gasteiger partial charge in [0.1, 0.15) is 11.6 Å². The van der Waals surface area contributed by atoms with Crippen LogP contribution in [0.2, 0.25) is 5.02 Å². The Hall–Kier alpha value is -3.51. The van der Waals surface area contributed by atoms with Gasteiger partial charge in [0.15, 0.2) is 0 Å². The van der Waals surface area contributed by atoms with Gasteiger partial charge in [0.05, 0.1) is 21.8 Å². The minimum absolute atomic E-state index is 0.0182. The molecule has 28 heavy (non-hydrogen) atoms. The summed E-state index contributed by atoms with van der Waals surface area (Å²) < 4.78 is 13.2. The van der Waals surface area contributed by atoms with Gasteiger partial charge in [-0.05, 0) is 42.5 Å². The summed E-state index contributed by atoms with van der Waals surface area (Å²) in [7, 11) is 0. The van der Waals surface area contributed by atoms with Gasteiger partial charge in [0.2, 0.25) is 0 Å². The fraction of sp³-hybridized carbons (Fsp3) is 0. The van der Waals surface area contributed by atoms with Crippen molar-refractivity contribution in [3.8, 4) is 0 Å². The maximum absolute atomic E-state index is 13.2. The molecule has 5 nitrogen and oxygen atoms in total. The second-order valence-corrected chi connectivity index (χ2v) is 6.43. The summed E-state index contributed by atoms with van der Waals surface area (Å²) in [6.07, 6.45) is 3.14. The van der Waals surface area contributed by atoms with Crippen LogP contribution in [-0.4, -0.2) is 15.9 Å². The second kappa shape index (κ2) is 7.62. The smallest absolute Gasteiger partial charge is 0.257 e. The summed E-state index contributed by atoms with van der Waals surface area (Å²) in [6, 6.07) is 17.0. The lowest BCUT2D eigenvalue weighted by Crippen LogP contribution is -2.12. The Morgan fingerprint density at radius 2 is 1.86 bits per heavy atom. The van der Waals surface area contributed by atoms with Gasteiger partial charge in [0, 0.05) is 23.5 Å². The molecule has 0 saturated carbocycles. The number of nitrogens with one attached hydrogen (secondary N) is 2. The molecule has 4 rings (SSSR count). The Kier molecular flexibility index (Phi) is 4.87. The van der Waals surface area contributed by atoms with Crippen LogP contribution in [0, 0.1) is 5.82 Å². The molecular formula is C21H14ClFN4O. The minimum Gasteiger partial charge on any atom is -0.340 e. The Morgan fingerprint density at radius 1 is 1.00 bits per heavy atom. The number of anilines is 3. The fourth-order valence-electron chi connectivity index (χ4n) is 2.72. The molecule has 0 atom stereocenters. The van der Waals surface area contributed by atoms with E-state index in [4.69, 9.17) is 11.6 Å². The molecule has 0 saturated heterocycles. The number of halogens is 2. The molecule has 0 aliphatic heterocycles. The standard InChI is InChI=1S/C21H14ClFN4O/c22-16-11-15(7-8-17(16)23)26-19-9-6-14(12-25-19)21(28)27-18-5-1-3-13-4-2-10-24-20(13)18/h1-12H,(H,25,26)(H,27,28). The maximum Gasteiger partial charge on any atom is 0.257 e. The third-order valence-electron chi connectivity index (χ3n) is 4.10. The van der Waals surface area contributed by atoms with Crippen LogP contribution in [0.4, 0.5) is 21.6 Å². The Balaban J connectivity index is 1.50. The van der Waals surface area contributed by atoms with E-state index in [-0.39, 0.29) is 10.9 Å². The number of benzene rings is 2. The first-order valence-electron chi connectivity index (χ1n) is 8.43. The summed E-state index contributed by atoms with van der Waals surface area (Å²) in [6.45, 7) is 0. The lowest BCUT2D eigenvalue weighted by Gasteiger charge is -2.09. The molecule has 138 valence electrons. The third-order valence-corrected chi connectivity index (χ3v) is 4.39. The molecule has 2 heterocycles. The molecule has 0 unspecified atom stereocenters. The molecule has 0 spiro atoms. The number of rotatable bonds is 4. The van der Waals surface area contributed by atoms with Gasteiger partial charge >= 0.3 is 0 Å². The van der Waals surface area contributed by atoms with Crippen molar-refractivity contribution in [3.63, 3.8) is 0 Å². The maximum atomic E-state index is 13.2. The minimum atomic E-state index is -0.491. The highest BCUT2D eigenvalue weighted by atomic mass is 35.5. The molecule has 1 amide bonds. The fourth-order valence-corrected chi connectivity index (χ4v) is 2.90. The van der Waals surface area contributed by atoms with Gasteiger partial charge in [-0.2, -0.15) is 0 Å². The van der Waals surface area contributed by atoms with E-state index in [1.807, 2.05) is 24.3 Å². The molecule has 7 heteroatoms. The zero-order valence-corrected chi connectivity index (χ0v) is 15.2. The SMILES string of the molecule is O=C(Nc1cccc2cccnc12)c1ccc(Nc2ccc(F)c(Cl)c2)nc1. The molecule has 0 bridgehead atoms. The average molecular weight is 393 g/mol. The number of pyridine rings is 2. The van der Waals surface area contributed by atoms with Crippen LogP contribution in [0.3, 0.4) is 0 Å². The highest BCUT2D eigenvalue weighted by molar-refractivity contribution is 6.31. The van der Waals surface area contributed by atoms with Crippen molar-refractivity contribution >= 4 is 45.6 Å². The van der Waals surface area contributed by atoms with Crippen molar-refractivity contribution in [2.45, 2.75) is 0 Å². The number of hydrogen-bond donors (Lipinski definition) is 2. The molecule has 2 aromatic carbocycles. The monoisotopic (exact) mass is 392 g/mol. The van der Waals surface area contributed by atoms with Crippen LogP contribution >= 0.6 is 11.6 Å². The summed E-state index contributed by atoms with van der Waals surface area (Å²) in [4.78, 5) is 21.1. The number of nitrogens with zero attached hydrogens (tertiary/aromatic N) is 2. The number of hydrogen-bond acceptors (Lipinski definition) is 4. The Bertz CT molecular complexity index is 1160. The Labute approximate surface area is 165 Å². The molecule has 0 radical (unpaired) electrons. The molecule has 2 aromatic heterocycles. The quantitative estimate of drug-likeness (QED) is 0.486. The molecule has 0 aliphatic rings. The normalized spacial score (nSPS) is 10.6. The van der Waals surface area contributed by atoms with Gasteiger partial charge in [-0.3, -0.25) is 9.78 Å². The lowest BCUT2D eigenvalue weighted by atomic mass is 10.2. The summed E-state index contributed by atoms with van der Waals surface area (Å²) in [5.41, 5.74) is 2.34. The molecule has 2 N–H and O–H groups in total. The van der Waals surface area contributed by atoms with Crippen LogP contribution in [0.25, 0.3) is 10.9 Å². The average Bonchev–Trinajstić information content (AvgIpc) is 2.71. The molecule has 4 aromatic rings. The topological polar surface area (TPSA) is 66.9 Å². The highest BCUT2D eigenvalue weighted by Crippen LogP contribution is 2.23. The van der Waals surface area contributed by atoms with E-state index >= 15 is 0 Å². The van der Waals surface area contributed by atoms with E-state index in [1.54, 1.807) is 30.5 Å². The van der Waals surface area contributed by atoms with Crippen molar-refractivity contribution in [1.82, 2.24) is 9.97 Å². The molecule has 0 fully saturated rings. The van der Waals surface area contributed by atoms with Gasteiger partial charge in [-0.25, -0.2) is 9.37 Å². The van der Waals surface area contributed by atoms with E-state index < -0.39 is 5.82 Å². The van der Waals surface area contributed by atoms with Crippen LogP contribution in [-0.2, 0) is 0 Å². The van der Waals surface area contributed by atoms with Crippen molar-refractivity contribution in [1.29, 1.82) is 0 Å². The van der Waals surface area contributed by atoms with Gasteiger partial charge < -0.3 is 10.6 Å². The number of carbonyl (C=O) groups excluding carboxylic acids is 1. The Morgan fingerprint density at radius 3 is 2.64 bits per heavy atom. The number of fused-ring (bicyclic) bond motifs is 1. The van der Waals surface area contributed by atoms with E-state index in [1.165, 1.54) is 18.3 Å². The number of carbonyl (C=O) groups is 1. The van der Waals surface area contributed by atoms with Gasteiger partial charge in [-0.1, -0.05) is 29.8 Å². The lowest BCUT2D eigenvalue weighted by molar-refractivity contribution is 0.102. The largest absolute Gasteiger partial charge is 0.340 e. The molecular weight excluding hydrogens is 379 g/mol. The second-order valence-electron chi connectivity index (χ2n) is 6.02. The first-order chi connectivity index (χ1) is 13.6. The first kappa shape index (κ1) is 17.9. The third kappa shape index (κ3) is 3.77. The summed E-state index contributed by atoms with van der Waals surface area (Å²) in [5.74, 6) is -0.275. The number of amides is 1. The van der Waals surface area contributed by atoms with Gasteiger partial charge in [-0.15, -0.1) is 0 Å². The van der Waals surface area contributed by atoms with Crippen LogP contribution < -0.4 is 10.6 Å². The molecule has 0 aliphatic carbocycles. The predicted octanol–water partition coefficient (Wildman–Crippen LogP) is 5.42. The van der Waals surface area contributed by atoms with Gasteiger partial charge in [0.25, 0.3) is 5.91 Å². The van der Waals surface area contributed by atoms with Crippen molar-refractivity contribution in [2.24, 2.45) is 0 Å². The van der Waals surface area contributed by atoms with Crippen molar-refractivity contribution < 1.29 is 9.18 Å². The zero-order chi connectivity index (χ0) is 19.5. The summed E-state index contributed by atoms with van der Waals surface area (Å²) >= 11 is 5.77. The van der Waals surface area contributed by atoms with Crippen LogP contribution in [0.15, 0.2) is 73.1 Å². The first-order valence-corrected chi connectivity index (χ1v) is 8.81. The van der Waals surface area contributed by atoms with Crippen molar-refractivity contribution in [2.75, 3.05) is 10.6 Å². The zero-order valence-electron chi connectivity index (χ0n) is 14.5. The highest BCUT2D eigenvalue weighted by Gasteiger charge is 2.10. The van der Waals surface area contributed by atoms with E-state index in [0.29, 0.717) is 22.8 Å². The number of aromatic nitrogens is 2. The number of para-hydroxylation sites is 1. The van der Waals surface area contributed by atoms with E-state index in [0.717, 1.165) is 10.9 Å². The summed E-state index contributed by atoms with van der Waals surface area (Å²) in [5, 5.41) is 6.83. The van der Waals surface area contributed by atoms with Crippen LogP contribution in [0.1, 0.15) is 10.4 Å². The van der Waals surface area contributed by atoms with E-state index in [9.17, 15) is 9.18 Å². The predicted molar refractivity (Wildman–Crippen MR) is 109 cm³/mol. The van der Waals surface area contributed by atoms with Crippen molar-refractivity contribution in [3.05, 3.63) is 89.5 Å². The van der Waals surface area contributed by atoms with Crippen LogP contribution in [0.5, 0.6) is 0 Å². The van der Waals surface area contributed by atoms with E-state index in [2.05, 4.69) is 20.6 Å².